The molecule has 3 N–H and O–H groups in total. The van der Waals surface area contributed by atoms with Gasteiger partial charge in [0.1, 0.15) is 4.90 Å². The van der Waals surface area contributed by atoms with Crippen LogP contribution >= 0.6 is 0 Å². The first-order valence-corrected chi connectivity index (χ1v) is 6.91. The van der Waals surface area contributed by atoms with Gasteiger partial charge in [-0.2, -0.15) is 0 Å². The van der Waals surface area contributed by atoms with Crippen molar-refractivity contribution in [1.29, 1.82) is 0 Å². The molecule has 0 aliphatic heterocycles. The van der Waals surface area contributed by atoms with E-state index in [1.165, 1.54) is 0 Å². The second-order valence-electron chi connectivity index (χ2n) is 3.97. The molecule has 7 nitrogen and oxygen atoms in total. The number of sulfonamides is 1. The fourth-order valence-corrected chi connectivity index (χ4v) is 2.47. The molecule has 0 aliphatic carbocycles. The predicted octanol–water partition coefficient (Wildman–Crippen LogP) is 0.871. The number of nitrogens with two attached hydrogens (primary N) is 1. The SMILES string of the molecule is Cc1ccc(NS(=O)(=O)c2cnc(N)nc2)c(C)n1. The average molecular weight is 279 g/mol. The van der Waals surface area contributed by atoms with Crippen LogP contribution in [-0.4, -0.2) is 23.4 Å². The van der Waals surface area contributed by atoms with Crippen LogP contribution < -0.4 is 10.5 Å². The molecule has 0 radical (unpaired) electrons. The molecule has 2 aromatic heterocycles. The Morgan fingerprint density at radius 2 is 1.79 bits per heavy atom. The van der Waals surface area contributed by atoms with Gasteiger partial charge >= 0.3 is 0 Å². The van der Waals surface area contributed by atoms with Crippen molar-refractivity contribution in [1.82, 2.24) is 15.0 Å². The quantitative estimate of drug-likeness (QED) is 0.862. The minimum atomic E-state index is -3.74. The molecule has 0 unspecified atom stereocenters. The highest BCUT2D eigenvalue weighted by Crippen LogP contribution is 2.17. The maximum atomic E-state index is 12.1. The number of hydrogen-bond donors (Lipinski definition) is 2. The van der Waals surface area contributed by atoms with Crippen LogP contribution in [0.1, 0.15) is 11.4 Å². The molecule has 0 atom stereocenters. The summed E-state index contributed by atoms with van der Waals surface area (Å²) in [6.07, 6.45) is 2.31. The summed E-state index contributed by atoms with van der Waals surface area (Å²) in [7, 11) is -3.74. The van der Waals surface area contributed by atoms with E-state index in [-0.39, 0.29) is 10.8 Å². The Morgan fingerprint density at radius 1 is 1.16 bits per heavy atom. The molecular weight excluding hydrogens is 266 g/mol. The number of nitrogens with zero attached hydrogens (tertiary/aromatic N) is 3. The van der Waals surface area contributed by atoms with Crippen LogP contribution in [0.15, 0.2) is 29.4 Å². The van der Waals surface area contributed by atoms with Crippen molar-refractivity contribution in [3.8, 4) is 0 Å². The van der Waals surface area contributed by atoms with Crippen molar-refractivity contribution >= 4 is 21.7 Å². The smallest absolute Gasteiger partial charge is 0.265 e. The molecule has 0 fully saturated rings. The highest BCUT2D eigenvalue weighted by molar-refractivity contribution is 7.92. The number of aromatic nitrogens is 3. The van der Waals surface area contributed by atoms with E-state index in [0.29, 0.717) is 11.4 Å². The summed E-state index contributed by atoms with van der Waals surface area (Å²) < 4.78 is 26.6. The highest BCUT2D eigenvalue weighted by atomic mass is 32.2. The maximum Gasteiger partial charge on any atom is 0.265 e. The molecule has 0 aliphatic rings. The molecular formula is C11H13N5O2S. The zero-order valence-corrected chi connectivity index (χ0v) is 11.3. The molecule has 8 heteroatoms. The number of anilines is 2. The van der Waals surface area contributed by atoms with Gasteiger partial charge in [-0.15, -0.1) is 0 Å². The Morgan fingerprint density at radius 3 is 2.37 bits per heavy atom. The Kier molecular flexibility index (Phi) is 3.34. The third-order valence-electron chi connectivity index (χ3n) is 2.43. The van der Waals surface area contributed by atoms with Gasteiger partial charge in [-0.05, 0) is 26.0 Å². The van der Waals surface area contributed by atoms with E-state index in [9.17, 15) is 8.42 Å². The number of hydrogen-bond acceptors (Lipinski definition) is 6. The van der Waals surface area contributed by atoms with Crippen LogP contribution in [0.5, 0.6) is 0 Å². The molecule has 0 amide bonds. The fraction of sp³-hybridized carbons (Fsp3) is 0.182. The lowest BCUT2D eigenvalue weighted by atomic mass is 10.3. The number of aryl methyl sites for hydroxylation is 2. The van der Waals surface area contributed by atoms with Crippen molar-refractivity contribution in [3.05, 3.63) is 35.9 Å². The van der Waals surface area contributed by atoms with E-state index < -0.39 is 10.0 Å². The van der Waals surface area contributed by atoms with Gasteiger partial charge < -0.3 is 5.73 Å². The van der Waals surface area contributed by atoms with E-state index in [1.54, 1.807) is 19.1 Å². The summed E-state index contributed by atoms with van der Waals surface area (Å²) in [4.78, 5) is 11.4. The third kappa shape index (κ3) is 2.97. The van der Waals surface area contributed by atoms with Gasteiger partial charge in [0.2, 0.25) is 5.95 Å². The van der Waals surface area contributed by atoms with Gasteiger partial charge in [0.05, 0.1) is 23.8 Å². The van der Waals surface area contributed by atoms with Crippen molar-refractivity contribution in [2.75, 3.05) is 10.5 Å². The van der Waals surface area contributed by atoms with Crippen molar-refractivity contribution < 1.29 is 8.42 Å². The van der Waals surface area contributed by atoms with Crippen molar-refractivity contribution in [2.45, 2.75) is 18.7 Å². The number of nitrogens with one attached hydrogen (secondary N) is 1. The van der Waals surface area contributed by atoms with Crippen molar-refractivity contribution in [2.24, 2.45) is 0 Å². The second-order valence-corrected chi connectivity index (χ2v) is 5.65. The van der Waals surface area contributed by atoms with Crippen LogP contribution in [0.3, 0.4) is 0 Å². The minimum Gasteiger partial charge on any atom is -0.368 e. The van der Waals surface area contributed by atoms with Crippen LogP contribution in [0.2, 0.25) is 0 Å². The van der Waals surface area contributed by atoms with Crippen LogP contribution in [0, 0.1) is 13.8 Å². The molecule has 2 rings (SSSR count). The monoisotopic (exact) mass is 279 g/mol. The molecule has 2 aromatic rings. The first-order chi connectivity index (χ1) is 8.88. The predicted molar refractivity (Wildman–Crippen MR) is 71.0 cm³/mol. The van der Waals surface area contributed by atoms with E-state index in [4.69, 9.17) is 5.73 Å². The zero-order chi connectivity index (χ0) is 14.0. The Labute approximate surface area is 111 Å². The molecule has 0 spiro atoms. The lowest BCUT2D eigenvalue weighted by molar-refractivity contribution is 0.600. The van der Waals surface area contributed by atoms with Gasteiger partial charge in [0, 0.05) is 5.69 Å². The standard InChI is InChI=1S/C11H13N5O2S/c1-7-3-4-10(8(2)15-7)16-19(17,18)9-5-13-11(12)14-6-9/h3-6,16H,1-2H3,(H2,12,13,14). The van der Waals surface area contributed by atoms with Gasteiger partial charge in [-0.1, -0.05) is 0 Å². The molecule has 0 saturated heterocycles. The summed E-state index contributed by atoms with van der Waals surface area (Å²) in [5.41, 5.74) is 7.15. The summed E-state index contributed by atoms with van der Waals surface area (Å²) in [6, 6.07) is 3.39. The fourth-order valence-electron chi connectivity index (χ4n) is 1.46. The van der Waals surface area contributed by atoms with Gasteiger partial charge in [0.15, 0.2) is 0 Å². The van der Waals surface area contributed by atoms with Gasteiger partial charge in [0.25, 0.3) is 10.0 Å². The topological polar surface area (TPSA) is 111 Å². The van der Waals surface area contributed by atoms with Gasteiger partial charge in [-0.3, -0.25) is 9.71 Å². The first-order valence-electron chi connectivity index (χ1n) is 5.43. The highest BCUT2D eigenvalue weighted by Gasteiger charge is 2.16. The Hall–Kier alpha value is -2.22. The normalized spacial score (nSPS) is 11.3. The van der Waals surface area contributed by atoms with Crippen LogP contribution in [-0.2, 0) is 10.0 Å². The first kappa shape index (κ1) is 13.2. The van der Waals surface area contributed by atoms with Gasteiger partial charge in [-0.25, -0.2) is 18.4 Å². The third-order valence-corrected chi connectivity index (χ3v) is 3.75. The lowest BCUT2D eigenvalue weighted by Gasteiger charge is -2.10. The lowest BCUT2D eigenvalue weighted by Crippen LogP contribution is -2.15. The van der Waals surface area contributed by atoms with E-state index >= 15 is 0 Å². The number of nitrogen functional groups attached to an aromatic ring is 1. The summed E-state index contributed by atoms with van der Waals surface area (Å²) in [6.45, 7) is 3.56. The van der Waals surface area contributed by atoms with Crippen LogP contribution in [0.25, 0.3) is 0 Å². The Balaban J connectivity index is 2.33. The van der Waals surface area contributed by atoms with E-state index in [0.717, 1.165) is 18.1 Å². The molecule has 100 valence electrons. The number of rotatable bonds is 3. The number of pyridine rings is 1. The van der Waals surface area contributed by atoms with E-state index in [2.05, 4.69) is 19.7 Å². The minimum absolute atomic E-state index is 0.0205. The second kappa shape index (κ2) is 4.81. The van der Waals surface area contributed by atoms with Crippen molar-refractivity contribution in [3.63, 3.8) is 0 Å². The molecule has 19 heavy (non-hydrogen) atoms. The Bertz CT molecular complexity index is 698. The average Bonchev–Trinajstić information content (AvgIpc) is 2.33. The molecule has 2 heterocycles. The van der Waals surface area contributed by atoms with E-state index in [1.807, 2.05) is 6.92 Å². The maximum absolute atomic E-state index is 12.1. The molecule has 0 aromatic carbocycles. The summed E-state index contributed by atoms with van der Waals surface area (Å²) in [5, 5.41) is 0. The van der Waals surface area contributed by atoms with Crippen LogP contribution in [0.4, 0.5) is 11.6 Å². The summed E-state index contributed by atoms with van der Waals surface area (Å²) >= 11 is 0. The zero-order valence-electron chi connectivity index (χ0n) is 10.5. The largest absolute Gasteiger partial charge is 0.368 e. The molecule has 0 bridgehead atoms. The molecule has 0 saturated carbocycles. The summed E-state index contributed by atoms with van der Waals surface area (Å²) in [5.74, 6) is 0.0205.